The van der Waals surface area contributed by atoms with Crippen LogP contribution >= 0.6 is 0 Å². The van der Waals surface area contributed by atoms with Crippen LogP contribution in [0.2, 0.25) is 0 Å². The van der Waals surface area contributed by atoms with Crippen molar-refractivity contribution in [1.82, 2.24) is 5.32 Å². The van der Waals surface area contributed by atoms with Crippen LogP contribution in [0.5, 0.6) is 0 Å². The molecule has 0 aliphatic rings. The van der Waals surface area contributed by atoms with E-state index in [1.54, 1.807) is 13.2 Å². The second-order valence-electron chi connectivity index (χ2n) is 4.79. The van der Waals surface area contributed by atoms with E-state index in [2.05, 4.69) is 5.32 Å². The summed E-state index contributed by atoms with van der Waals surface area (Å²) in [5, 5.41) is 11.9. The van der Waals surface area contributed by atoms with Gasteiger partial charge in [-0.25, -0.2) is 0 Å². The molecular weight excluding hydrogens is 252 g/mol. The van der Waals surface area contributed by atoms with Gasteiger partial charge in [-0.1, -0.05) is 18.2 Å². The predicted molar refractivity (Wildman–Crippen MR) is 79.0 cm³/mol. The molecule has 0 unspecified atom stereocenters. The van der Waals surface area contributed by atoms with E-state index in [0.29, 0.717) is 6.61 Å². The van der Waals surface area contributed by atoms with E-state index in [9.17, 15) is 4.79 Å². The van der Waals surface area contributed by atoms with Crippen molar-refractivity contribution in [2.75, 3.05) is 13.7 Å². The van der Waals surface area contributed by atoms with Gasteiger partial charge in [0, 0.05) is 13.2 Å². The lowest BCUT2D eigenvalue weighted by Gasteiger charge is -2.12. The van der Waals surface area contributed by atoms with Gasteiger partial charge in [0.15, 0.2) is 0 Å². The van der Waals surface area contributed by atoms with Crippen LogP contribution in [0.25, 0.3) is 6.08 Å². The molecule has 0 aliphatic carbocycles. The summed E-state index contributed by atoms with van der Waals surface area (Å²) >= 11 is 0. The van der Waals surface area contributed by atoms with E-state index in [1.165, 1.54) is 0 Å². The molecule has 0 aliphatic heterocycles. The number of methoxy groups -OCH3 is 1. The Bertz CT molecular complexity index is 556. The Hall–Kier alpha value is -2.12. The minimum absolute atomic E-state index is 0.0988. The molecule has 0 spiro atoms. The summed E-state index contributed by atoms with van der Waals surface area (Å²) < 4.78 is 4.95. The summed E-state index contributed by atoms with van der Waals surface area (Å²) in [6.45, 7) is 6.21. The zero-order valence-electron chi connectivity index (χ0n) is 12.4. The number of hydrogen-bond acceptors (Lipinski definition) is 3. The zero-order chi connectivity index (χ0) is 15.1. The molecule has 20 heavy (non-hydrogen) atoms. The summed E-state index contributed by atoms with van der Waals surface area (Å²) in [6.07, 6.45) is 1.62. The Balaban J connectivity index is 2.96. The molecular formula is C16H20N2O2. The van der Waals surface area contributed by atoms with Gasteiger partial charge in [0.05, 0.1) is 6.61 Å². The number of ether oxygens (including phenoxy) is 1. The van der Waals surface area contributed by atoms with Crippen LogP contribution in [-0.4, -0.2) is 25.7 Å². The molecule has 1 amide bonds. The van der Waals surface area contributed by atoms with Gasteiger partial charge in [0.2, 0.25) is 0 Å². The third-order valence-electron chi connectivity index (χ3n) is 3.11. The number of rotatable bonds is 5. The fourth-order valence-electron chi connectivity index (χ4n) is 1.83. The molecule has 1 aromatic rings. The van der Waals surface area contributed by atoms with Crippen LogP contribution in [-0.2, 0) is 9.53 Å². The van der Waals surface area contributed by atoms with Crippen LogP contribution in [0.15, 0.2) is 23.8 Å². The van der Waals surface area contributed by atoms with Gasteiger partial charge < -0.3 is 10.1 Å². The van der Waals surface area contributed by atoms with E-state index in [4.69, 9.17) is 10.00 Å². The molecule has 4 nitrogen and oxygen atoms in total. The third-order valence-corrected chi connectivity index (χ3v) is 3.11. The van der Waals surface area contributed by atoms with Gasteiger partial charge in [-0.2, -0.15) is 5.26 Å². The Labute approximate surface area is 120 Å². The lowest BCUT2D eigenvalue weighted by Crippen LogP contribution is -2.36. The maximum absolute atomic E-state index is 12.0. The number of carbonyl (C=O) groups excluding carboxylic acids is 1. The predicted octanol–water partition coefficient (Wildman–Crippen LogP) is 2.36. The van der Waals surface area contributed by atoms with Crippen molar-refractivity contribution in [3.05, 3.63) is 40.5 Å². The van der Waals surface area contributed by atoms with Crippen LogP contribution in [0, 0.1) is 25.2 Å². The second-order valence-corrected chi connectivity index (χ2v) is 4.79. The normalized spacial score (nSPS) is 12.7. The highest BCUT2D eigenvalue weighted by Gasteiger charge is 2.12. The van der Waals surface area contributed by atoms with E-state index in [1.807, 2.05) is 45.0 Å². The molecule has 106 valence electrons. The number of nitriles is 1. The largest absolute Gasteiger partial charge is 0.383 e. The van der Waals surface area contributed by atoms with Crippen LogP contribution in [0.4, 0.5) is 0 Å². The lowest BCUT2D eigenvalue weighted by atomic mass is 10.0. The molecule has 0 bridgehead atoms. The number of nitrogens with zero attached hydrogens (tertiary/aromatic N) is 1. The maximum atomic E-state index is 12.0. The fraction of sp³-hybridized carbons (Fsp3) is 0.375. The molecule has 0 radical (unpaired) electrons. The minimum atomic E-state index is -0.377. The maximum Gasteiger partial charge on any atom is 0.262 e. The number of amides is 1. The van der Waals surface area contributed by atoms with Gasteiger partial charge in [0.1, 0.15) is 11.6 Å². The van der Waals surface area contributed by atoms with E-state index >= 15 is 0 Å². The second kappa shape index (κ2) is 7.46. The summed E-state index contributed by atoms with van der Waals surface area (Å²) in [4.78, 5) is 12.0. The topological polar surface area (TPSA) is 62.1 Å². The SMILES string of the molecule is COC[C@H](C)NC(=O)/C(C#N)=C/c1cccc(C)c1C. The number of hydrogen-bond donors (Lipinski definition) is 1. The molecule has 0 fully saturated rings. The highest BCUT2D eigenvalue weighted by molar-refractivity contribution is 6.02. The van der Waals surface area contributed by atoms with Gasteiger partial charge in [-0.3, -0.25) is 4.79 Å². The van der Waals surface area contributed by atoms with Gasteiger partial charge >= 0.3 is 0 Å². The number of nitrogens with one attached hydrogen (secondary N) is 1. The Morgan fingerprint density at radius 3 is 2.80 bits per heavy atom. The van der Waals surface area contributed by atoms with Crippen LogP contribution in [0.3, 0.4) is 0 Å². The van der Waals surface area contributed by atoms with E-state index in [0.717, 1.165) is 16.7 Å². The molecule has 1 atom stereocenters. The van der Waals surface area contributed by atoms with E-state index in [-0.39, 0.29) is 17.5 Å². The Morgan fingerprint density at radius 2 is 2.20 bits per heavy atom. The molecule has 0 saturated carbocycles. The minimum Gasteiger partial charge on any atom is -0.383 e. The average molecular weight is 272 g/mol. The number of aryl methyl sites for hydroxylation is 1. The first kappa shape index (κ1) is 15.9. The molecule has 0 heterocycles. The summed E-state index contributed by atoms with van der Waals surface area (Å²) in [5.74, 6) is -0.377. The quantitative estimate of drug-likeness (QED) is 0.661. The first-order valence-corrected chi connectivity index (χ1v) is 6.47. The zero-order valence-corrected chi connectivity index (χ0v) is 12.4. The average Bonchev–Trinajstić information content (AvgIpc) is 2.40. The van der Waals surface area contributed by atoms with Crippen molar-refractivity contribution < 1.29 is 9.53 Å². The molecule has 1 N–H and O–H groups in total. The molecule has 4 heteroatoms. The van der Waals surface area contributed by atoms with Gasteiger partial charge in [-0.05, 0) is 43.5 Å². The van der Waals surface area contributed by atoms with Crippen molar-refractivity contribution in [3.63, 3.8) is 0 Å². The molecule has 0 saturated heterocycles. The molecule has 0 aromatic heterocycles. The monoisotopic (exact) mass is 272 g/mol. The first-order chi connectivity index (χ1) is 9.49. The first-order valence-electron chi connectivity index (χ1n) is 6.47. The lowest BCUT2D eigenvalue weighted by molar-refractivity contribution is -0.117. The van der Waals surface area contributed by atoms with Crippen molar-refractivity contribution >= 4 is 12.0 Å². The van der Waals surface area contributed by atoms with Crippen molar-refractivity contribution in [3.8, 4) is 6.07 Å². The van der Waals surface area contributed by atoms with Crippen LogP contribution < -0.4 is 5.32 Å². The third kappa shape index (κ3) is 4.22. The summed E-state index contributed by atoms with van der Waals surface area (Å²) in [7, 11) is 1.57. The van der Waals surface area contributed by atoms with Crippen molar-refractivity contribution in [2.24, 2.45) is 0 Å². The smallest absolute Gasteiger partial charge is 0.262 e. The van der Waals surface area contributed by atoms with Crippen molar-refractivity contribution in [2.45, 2.75) is 26.8 Å². The standard InChI is InChI=1S/C16H20N2O2/c1-11-6-5-7-14(13(11)3)8-15(9-17)16(19)18-12(2)10-20-4/h5-8,12H,10H2,1-4H3,(H,18,19)/b15-8+/t12-/m0/s1. The van der Waals surface area contributed by atoms with Gasteiger partial charge in [0.25, 0.3) is 5.91 Å². The van der Waals surface area contributed by atoms with Gasteiger partial charge in [-0.15, -0.1) is 0 Å². The Kier molecular flexibility index (Phi) is 5.95. The number of benzene rings is 1. The molecule has 1 aromatic carbocycles. The summed E-state index contributed by atoms with van der Waals surface area (Å²) in [6, 6.07) is 7.62. The molecule has 1 rings (SSSR count). The fourth-order valence-corrected chi connectivity index (χ4v) is 1.83. The highest BCUT2D eigenvalue weighted by Crippen LogP contribution is 2.16. The van der Waals surface area contributed by atoms with Crippen LogP contribution in [0.1, 0.15) is 23.6 Å². The van der Waals surface area contributed by atoms with Crippen molar-refractivity contribution in [1.29, 1.82) is 5.26 Å². The Morgan fingerprint density at radius 1 is 1.50 bits per heavy atom. The van der Waals surface area contributed by atoms with E-state index < -0.39 is 0 Å². The summed E-state index contributed by atoms with van der Waals surface area (Å²) in [5.41, 5.74) is 3.18. The number of carbonyl (C=O) groups is 1. The highest BCUT2D eigenvalue weighted by atomic mass is 16.5.